The number of likely N-dealkylation sites (tertiary alicyclic amines) is 1. The van der Waals surface area contributed by atoms with Crippen molar-refractivity contribution < 1.29 is 14.3 Å². The Kier molecular flexibility index (Phi) is 6.25. The lowest BCUT2D eigenvalue weighted by molar-refractivity contribution is 0.0844. The quantitative estimate of drug-likeness (QED) is 0.718. The summed E-state index contributed by atoms with van der Waals surface area (Å²) in [5.41, 5.74) is 1.38. The number of fused-ring (bicyclic) bond motifs is 1. The van der Waals surface area contributed by atoms with Gasteiger partial charge in [-0.25, -0.2) is 4.98 Å². The van der Waals surface area contributed by atoms with Gasteiger partial charge in [-0.3, -0.25) is 4.79 Å². The third-order valence-corrected chi connectivity index (χ3v) is 6.43. The molecular weight excluding hydrogens is 378 g/mol. The van der Waals surface area contributed by atoms with E-state index in [4.69, 9.17) is 9.47 Å². The monoisotopic (exact) mass is 411 g/mol. The molecule has 1 aromatic heterocycles. The molecule has 2 aromatic rings. The molecule has 0 unspecified atom stereocenters. The predicted molar refractivity (Wildman–Crippen MR) is 118 cm³/mol. The van der Waals surface area contributed by atoms with E-state index >= 15 is 0 Å². The summed E-state index contributed by atoms with van der Waals surface area (Å²) < 4.78 is 11.5. The Hall–Kier alpha value is -2.18. The lowest BCUT2D eigenvalue weighted by Crippen LogP contribution is -2.41. The van der Waals surface area contributed by atoms with Crippen LogP contribution in [0.2, 0.25) is 0 Å². The van der Waals surface area contributed by atoms with Gasteiger partial charge in [-0.15, -0.1) is 0 Å². The van der Waals surface area contributed by atoms with E-state index in [0.29, 0.717) is 24.9 Å². The number of benzene rings is 1. The molecule has 162 valence electrons. The maximum Gasteiger partial charge on any atom is 0.269 e. The molecule has 0 bridgehead atoms. The number of rotatable bonds is 8. The van der Waals surface area contributed by atoms with E-state index in [1.165, 1.54) is 0 Å². The first kappa shape index (κ1) is 21.1. The van der Waals surface area contributed by atoms with Crippen LogP contribution in [0.5, 0.6) is 5.75 Å². The van der Waals surface area contributed by atoms with Crippen LogP contribution in [0.15, 0.2) is 30.3 Å². The first-order valence-corrected chi connectivity index (χ1v) is 11.1. The van der Waals surface area contributed by atoms with E-state index in [2.05, 4.69) is 29.0 Å². The Balaban J connectivity index is 1.36. The van der Waals surface area contributed by atoms with E-state index in [1.54, 1.807) is 13.2 Å². The van der Waals surface area contributed by atoms with Crippen molar-refractivity contribution in [3.63, 3.8) is 0 Å². The number of ether oxygens (including phenoxy) is 2. The van der Waals surface area contributed by atoms with E-state index in [0.717, 1.165) is 55.4 Å². The van der Waals surface area contributed by atoms with Gasteiger partial charge in [0.2, 0.25) is 0 Å². The lowest BCUT2D eigenvalue weighted by Gasteiger charge is -2.34. The third-order valence-electron chi connectivity index (χ3n) is 6.43. The van der Waals surface area contributed by atoms with E-state index in [1.807, 2.05) is 24.3 Å². The van der Waals surface area contributed by atoms with Crippen LogP contribution < -0.4 is 10.1 Å². The molecule has 6 heteroatoms. The van der Waals surface area contributed by atoms with Crippen molar-refractivity contribution >= 4 is 16.8 Å². The molecule has 1 N–H and O–H groups in total. The van der Waals surface area contributed by atoms with Gasteiger partial charge in [-0.1, -0.05) is 6.07 Å². The van der Waals surface area contributed by atoms with Crippen LogP contribution in [0.3, 0.4) is 0 Å². The molecule has 1 aliphatic heterocycles. The molecule has 2 heterocycles. The Labute approximate surface area is 178 Å². The van der Waals surface area contributed by atoms with Gasteiger partial charge in [0, 0.05) is 43.6 Å². The third kappa shape index (κ3) is 4.93. The van der Waals surface area contributed by atoms with Gasteiger partial charge in [-0.05, 0) is 63.8 Å². The second-order valence-corrected chi connectivity index (χ2v) is 9.11. The Bertz CT molecular complexity index is 886. The van der Waals surface area contributed by atoms with E-state index < -0.39 is 0 Å². The fraction of sp³-hybridized carbons (Fsp3) is 0.583. The fourth-order valence-electron chi connectivity index (χ4n) is 4.22. The average molecular weight is 412 g/mol. The largest absolute Gasteiger partial charge is 0.490 e. The summed E-state index contributed by atoms with van der Waals surface area (Å²) in [6, 6.07) is 10.3. The smallest absolute Gasteiger partial charge is 0.269 e. The highest BCUT2D eigenvalue weighted by atomic mass is 16.5. The number of nitrogens with zero attached hydrogens (tertiary/aromatic N) is 2. The normalized spacial score (nSPS) is 19.2. The van der Waals surface area contributed by atoms with Crippen molar-refractivity contribution in [1.82, 2.24) is 15.2 Å². The molecule has 0 radical (unpaired) electrons. The van der Waals surface area contributed by atoms with Crippen molar-refractivity contribution in [3.05, 3.63) is 36.0 Å². The van der Waals surface area contributed by atoms with Crippen molar-refractivity contribution in [2.75, 3.05) is 33.4 Å². The summed E-state index contributed by atoms with van der Waals surface area (Å²) in [6.07, 6.45) is 4.57. The number of pyridine rings is 1. The average Bonchev–Trinajstić information content (AvgIpc) is 3.52. The highest BCUT2D eigenvalue weighted by Gasteiger charge is 2.42. The summed E-state index contributed by atoms with van der Waals surface area (Å²) >= 11 is 0. The number of aromatic nitrogens is 1. The number of amides is 1. The van der Waals surface area contributed by atoms with Crippen molar-refractivity contribution in [1.29, 1.82) is 0 Å². The standard InChI is InChI=1S/C24H33N3O3/c1-17(2)27-12-8-19(9-13-27)30-20-5-7-21-18(14-20)4-6-22(26-21)23(28)25-15-24(10-11-24)16-29-3/h4-7,14,17,19H,8-13,15-16H2,1-3H3,(H,25,28). The van der Waals surface area contributed by atoms with Crippen molar-refractivity contribution in [2.45, 2.75) is 51.7 Å². The van der Waals surface area contributed by atoms with Crippen LogP contribution in [-0.2, 0) is 4.74 Å². The number of carbonyl (C=O) groups is 1. The minimum absolute atomic E-state index is 0.124. The number of carbonyl (C=O) groups excluding carboxylic acids is 1. The molecule has 6 nitrogen and oxygen atoms in total. The van der Waals surface area contributed by atoms with Gasteiger partial charge in [0.15, 0.2) is 0 Å². The van der Waals surface area contributed by atoms with E-state index in [9.17, 15) is 4.79 Å². The molecule has 1 aliphatic carbocycles. The summed E-state index contributed by atoms with van der Waals surface area (Å²) in [4.78, 5) is 19.6. The van der Waals surface area contributed by atoms with Crippen LogP contribution >= 0.6 is 0 Å². The van der Waals surface area contributed by atoms with Gasteiger partial charge in [0.05, 0.1) is 12.1 Å². The molecule has 2 fully saturated rings. The minimum Gasteiger partial charge on any atom is -0.490 e. The fourth-order valence-corrected chi connectivity index (χ4v) is 4.22. The lowest BCUT2D eigenvalue weighted by atomic mass is 10.1. The number of piperidine rings is 1. The predicted octanol–water partition coefficient (Wildman–Crippen LogP) is 3.64. The number of nitrogens with one attached hydrogen (secondary N) is 1. The maximum absolute atomic E-state index is 12.5. The SMILES string of the molecule is COCC1(CNC(=O)c2ccc3cc(OC4CCN(C(C)C)CC4)ccc3n2)CC1. The molecule has 2 aliphatic rings. The number of methoxy groups -OCH3 is 1. The summed E-state index contributed by atoms with van der Waals surface area (Å²) in [7, 11) is 1.71. The molecular formula is C24H33N3O3. The van der Waals surface area contributed by atoms with Crippen LogP contribution in [0, 0.1) is 5.41 Å². The molecule has 1 aromatic carbocycles. The maximum atomic E-state index is 12.5. The molecule has 1 amide bonds. The van der Waals surface area contributed by atoms with Crippen LogP contribution in [-0.4, -0.2) is 61.3 Å². The zero-order valence-corrected chi connectivity index (χ0v) is 18.3. The molecule has 4 rings (SSSR count). The van der Waals surface area contributed by atoms with Crippen LogP contribution in [0.25, 0.3) is 10.9 Å². The van der Waals surface area contributed by atoms with E-state index in [-0.39, 0.29) is 17.4 Å². The second kappa shape index (κ2) is 8.90. The summed E-state index contributed by atoms with van der Waals surface area (Å²) in [5, 5.41) is 4.01. The van der Waals surface area contributed by atoms with Crippen LogP contribution in [0.1, 0.15) is 50.0 Å². The molecule has 0 atom stereocenters. The number of hydrogen-bond acceptors (Lipinski definition) is 5. The van der Waals surface area contributed by atoms with Crippen LogP contribution in [0.4, 0.5) is 0 Å². The highest BCUT2D eigenvalue weighted by Crippen LogP contribution is 2.45. The van der Waals surface area contributed by atoms with Gasteiger partial charge < -0.3 is 19.7 Å². The second-order valence-electron chi connectivity index (χ2n) is 9.11. The molecule has 1 saturated carbocycles. The zero-order chi connectivity index (χ0) is 21.1. The molecule has 1 saturated heterocycles. The highest BCUT2D eigenvalue weighted by molar-refractivity contribution is 5.95. The topological polar surface area (TPSA) is 63.7 Å². The molecule has 0 spiro atoms. The van der Waals surface area contributed by atoms with Gasteiger partial charge in [-0.2, -0.15) is 0 Å². The molecule has 30 heavy (non-hydrogen) atoms. The zero-order valence-electron chi connectivity index (χ0n) is 18.3. The van der Waals surface area contributed by atoms with Gasteiger partial charge in [0.25, 0.3) is 5.91 Å². The Morgan fingerprint density at radius 3 is 2.67 bits per heavy atom. The summed E-state index contributed by atoms with van der Waals surface area (Å²) in [6.45, 7) is 7.99. The van der Waals surface area contributed by atoms with Crippen molar-refractivity contribution in [3.8, 4) is 5.75 Å². The Morgan fingerprint density at radius 1 is 1.23 bits per heavy atom. The summed E-state index contributed by atoms with van der Waals surface area (Å²) in [5.74, 6) is 0.747. The minimum atomic E-state index is -0.128. The first-order valence-electron chi connectivity index (χ1n) is 11.1. The number of hydrogen-bond donors (Lipinski definition) is 1. The van der Waals surface area contributed by atoms with Gasteiger partial charge >= 0.3 is 0 Å². The van der Waals surface area contributed by atoms with Gasteiger partial charge in [0.1, 0.15) is 17.5 Å². The van der Waals surface area contributed by atoms with Crippen molar-refractivity contribution in [2.24, 2.45) is 5.41 Å². The first-order chi connectivity index (χ1) is 14.5. The Morgan fingerprint density at radius 2 is 2.00 bits per heavy atom.